The van der Waals surface area contributed by atoms with E-state index in [2.05, 4.69) is 0 Å². The van der Waals surface area contributed by atoms with E-state index in [1.165, 1.54) is 0 Å². The highest BCUT2D eigenvalue weighted by Crippen LogP contribution is 2.18. The van der Waals surface area contributed by atoms with Crippen LogP contribution in [0.25, 0.3) is 0 Å². The lowest BCUT2D eigenvalue weighted by molar-refractivity contribution is -0.134. The van der Waals surface area contributed by atoms with Crippen molar-refractivity contribution < 1.29 is 18.7 Å². The number of rotatable bonds is 9. The number of amides is 1. The third-order valence-corrected chi connectivity index (χ3v) is 4.46. The number of furan rings is 1. The summed E-state index contributed by atoms with van der Waals surface area (Å²) in [6, 6.07) is 13.0. The Morgan fingerprint density at radius 2 is 1.85 bits per heavy atom. The Morgan fingerprint density at radius 1 is 1.08 bits per heavy atom. The molecule has 0 atom stereocenters. The van der Waals surface area contributed by atoms with Crippen LogP contribution in [0.5, 0.6) is 11.5 Å². The lowest BCUT2D eigenvalue weighted by atomic mass is 10.3. The molecule has 2 heterocycles. The molecule has 0 radical (unpaired) electrons. The first kappa shape index (κ1) is 18.1. The zero-order valence-electron chi connectivity index (χ0n) is 14.6. The van der Waals surface area contributed by atoms with Crippen molar-refractivity contribution in [2.75, 3.05) is 13.2 Å². The van der Waals surface area contributed by atoms with E-state index >= 15 is 0 Å². The number of ether oxygens (including phenoxy) is 2. The zero-order chi connectivity index (χ0) is 18.2. The Bertz CT molecular complexity index is 746. The summed E-state index contributed by atoms with van der Waals surface area (Å²) in [6.07, 6.45) is 1.61. The first-order valence-corrected chi connectivity index (χ1v) is 9.35. The molecule has 0 aliphatic rings. The van der Waals surface area contributed by atoms with Crippen molar-refractivity contribution in [2.24, 2.45) is 0 Å². The lowest BCUT2D eigenvalue weighted by Gasteiger charge is -2.21. The van der Waals surface area contributed by atoms with Crippen LogP contribution in [0.3, 0.4) is 0 Å². The fraction of sp³-hybridized carbons (Fsp3) is 0.250. The summed E-state index contributed by atoms with van der Waals surface area (Å²) in [6.45, 7) is 3.45. The number of benzene rings is 1. The van der Waals surface area contributed by atoms with Gasteiger partial charge in [-0.2, -0.15) is 11.3 Å². The maximum absolute atomic E-state index is 12.7. The van der Waals surface area contributed by atoms with Crippen molar-refractivity contribution in [3.05, 3.63) is 70.8 Å². The maximum Gasteiger partial charge on any atom is 0.261 e. The van der Waals surface area contributed by atoms with Gasteiger partial charge in [-0.3, -0.25) is 4.79 Å². The zero-order valence-corrected chi connectivity index (χ0v) is 15.4. The first-order chi connectivity index (χ1) is 12.7. The average molecular weight is 371 g/mol. The molecule has 0 fully saturated rings. The average Bonchev–Trinajstić information content (AvgIpc) is 3.35. The van der Waals surface area contributed by atoms with Crippen molar-refractivity contribution in [2.45, 2.75) is 20.0 Å². The first-order valence-electron chi connectivity index (χ1n) is 8.41. The molecule has 3 rings (SSSR count). The predicted molar refractivity (Wildman–Crippen MR) is 100 cm³/mol. The van der Waals surface area contributed by atoms with E-state index in [4.69, 9.17) is 13.9 Å². The van der Waals surface area contributed by atoms with Gasteiger partial charge in [0, 0.05) is 6.54 Å². The van der Waals surface area contributed by atoms with Crippen molar-refractivity contribution >= 4 is 17.2 Å². The summed E-state index contributed by atoms with van der Waals surface area (Å²) in [5.41, 5.74) is 1.09. The highest BCUT2D eigenvalue weighted by atomic mass is 32.1. The van der Waals surface area contributed by atoms with Gasteiger partial charge in [0.1, 0.15) is 17.3 Å². The molecule has 2 aromatic heterocycles. The largest absolute Gasteiger partial charge is 0.494 e. The Morgan fingerprint density at radius 3 is 2.46 bits per heavy atom. The van der Waals surface area contributed by atoms with Gasteiger partial charge in [-0.25, -0.2) is 0 Å². The molecule has 0 saturated heterocycles. The SMILES string of the molecule is CCOc1ccc(OCC(=O)N(Cc2ccsc2)Cc2ccco2)cc1. The van der Waals surface area contributed by atoms with E-state index in [0.29, 0.717) is 25.4 Å². The minimum atomic E-state index is -0.0958. The van der Waals surface area contributed by atoms with Crippen LogP contribution in [-0.4, -0.2) is 24.0 Å². The molecule has 3 aromatic rings. The van der Waals surface area contributed by atoms with E-state index in [9.17, 15) is 4.79 Å². The van der Waals surface area contributed by atoms with Crippen LogP contribution in [0.4, 0.5) is 0 Å². The Balaban J connectivity index is 1.60. The number of nitrogens with zero attached hydrogens (tertiary/aromatic N) is 1. The minimum absolute atomic E-state index is 0.0289. The third-order valence-electron chi connectivity index (χ3n) is 3.73. The van der Waals surface area contributed by atoms with Crippen LogP contribution in [0.2, 0.25) is 0 Å². The molecule has 0 bridgehead atoms. The van der Waals surface area contributed by atoms with Crippen molar-refractivity contribution in [1.29, 1.82) is 0 Å². The van der Waals surface area contributed by atoms with Gasteiger partial charge >= 0.3 is 0 Å². The van der Waals surface area contributed by atoms with E-state index in [1.54, 1.807) is 34.6 Å². The number of thiophene rings is 1. The molecule has 5 nitrogen and oxygen atoms in total. The van der Waals surface area contributed by atoms with Gasteiger partial charge < -0.3 is 18.8 Å². The lowest BCUT2D eigenvalue weighted by Crippen LogP contribution is -2.33. The van der Waals surface area contributed by atoms with Crippen LogP contribution >= 0.6 is 11.3 Å². The van der Waals surface area contributed by atoms with E-state index in [1.807, 2.05) is 48.0 Å². The molecule has 1 amide bonds. The fourth-order valence-corrected chi connectivity index (χ4v) is 3.12. The molecule has 0 aliphatic carbocycles. The molecule has 0 spiro atoms. The highest BCUT2D eigenvalue weighted by molar-refractivity contribution is 7.07. The van der Waals surface area contributed by atoms with Crippen LogP contribution in [0.15, 0.2) is 63.9 Å². The van der Waals surface area contributed by atoms with E-state index < -0.39 is 0 Å². The predicted octanol–water partition coefficient (Wildman–Crippen LogP) is 4.35. The molecule has 0 saturated carbocycles. The van der Waals surface area contributed by atoms with Gasteiger partial charge in [-0.15, -0.1) is 0 Å². The number of hydrogen-bond donors (Lipinski definition) is 0. The maximum atomic E-state index is 12.7. The van der Waals surface area contributed by atoms with Crippen molar-refractivity contribution in [3.8, 4) is 11.5 Å². The summed E-state index contributed by atoms with van der Waals surface area (Å²) < 4.78 is 16.4. The quantitative estimate of drug-likeness (QED) is 0.561. The Kier molecular flexibility index (Phi) is 6.33. The van der Waals surface area contributed by atoms with Gasteiger partial charge in [-0.1, -0.05) is 0 Å². The summed E-state index contributed by atoms with van der Waals surface area (Å²) >= 11 is 1.61. The molecule has 6 heteroatoms. The molecule has 0 unspecified atom stereocenters. The second kappa shape index (κ2) is 9.10. The summed E-state index contributed by atoms with van der Waals surface area (Å²) in [5, 5.41) is 4.04. The molecule has 0 aliphatic heterocycles. The second-order valence-electron chi connectivity index (χ2n) is 5.65. The van der Waals surface area contributed by atoms with E-state index in [0.717, 1.165) is 17.1 Å². The molecular weight excluding hydrogens is 350 g/mol. The molecule has 1 aromatic carbocycles. The van der Waals surface area contributed by atoms with Gasteiger partial charge in [0.15, 0.2) is 6.61 Å². The van der Waals surface area contributed by atoms with Crippen molar-refractivity contribution in [3.63, 3.8) is 0 Å². The normalized spacial score (nSPS) is 10.5. The van der Waals surface area contributed by atoms with Gasteiger partial charge in [0.25, 0.3) is 5.91 Å². The summed E-state index contributed by atoms with van der Waals surface area (Å²) in [4.78, 5) is 14.4. The fourth-order valence-electron chi connectivity index (χ4n) is 2.46. The van der Waals surface area contributed by atoms with Gasteiger partial charge in [0.05, 0.1) is 19.4 Å². The van der Waals surface area contributed by atoms with Gasteiger partial charge in [-0.05, 0) is 65.7 Å². The number of carbonyl (C=O) groups excluding carboxylic acids is 1. The highest BCUT2D eigenvalue weighted by Gasteiger charge is 2.17. The van der Waals surface area contributed by atoms with Crippen LogP contribution in [0.1, 0.15) is 18.2 Å². The molecule has 0 N–H and O–H groups in total. The monoisotopic (exact) mass is 371 g/mol. The van der Waals surface area contributed by atoms with Crippen LogP contribution in [0, 0.1) is 0 Å². The number of hydrogen-bond acceptors (Lipinski definition) is 5. The van der Waals surface area contributed by atoms with E-state index in [-0.39, 0.29) is 12.5 Å². The molecule has 26 heavy (non-hydrogen) atoms. The molecular formula is C20H21NO4S. The Hall–Kier alpha value is -2.73. The third kappa shape index (κ3) is 5.13. The van der Waals surface area contributed by atoms with Crippen molar-refractivity contribution in [1.82, 2.24) is 4.90 Å². The smallest absolute Gasteiger partial charge is 0.261 e. The van der Waals surface area contributed by atoms with Crippen LogP contribution in [-0.2, 0) is 17.9 Å². The minimum Gasteiger partial charge on any atom is -0.494 e. The number of carbonyl (C=O) groups is 1. The Labute approximate surface area is 156 Å². The topological polar surface area (TPSA) is 51.9 Å². The van der Waals surface area contributed by atoms with Gasteiger partial charge in [0.2, 0.25) is 0 Å². The summed E-state index contributed by atoms with van der Waals surface area (Å²) in [5.74, 6) is 2.06. The second-order valence-corrected chi connectivity index (χ2v) is 6.43. The molecule has 136 valence electrons. The van der Waals surface area contributed by atoms with Crippen LogP contribution < -0.4 is 9.47 Å². The standard InChI is InChI=1S/C20H21NO4S/c1-2-23-17-5-7-18(8-6-17)25-14-20(22)21(12-16-9-11-26-15-16)13-19-4-3-10-24-19/h3-11,15H,2,12-14H2,1H3. The summed E-state index contributed by atoms with van der Waals surface area (Å²) in [7, 11) is 0.